The van der Waals surface area contributed by atoms with Crippen molar-refractivity contribution in [1.82, 2.24) is 14.9 Å². The van der Waals surface area contributed by atoms with Gasteiger partial charge in [-0.3, -0.25) is 15.1 Å². The largest absolute Gasteiger partial charge is 0.339 e. The number of nitro groups is 1. The Labute approximate surface area is 149 Å². The minimum Gasteiger partial charge on any atom is -0.339 e. The second-order valence-corrected chi connectivity index (χ2v) is 6.67. The highest BCUT2D eigenvalue weighted by molar-refractivity contribution is 5.83. The molecule has 0 unspecified atom stereocenters. The van der Waals surface area contributed by atoms with E-state index in [4.69, 9.17) is 0 Å². The van der Waals surface area contributed by atoms with Gasteiger partial charge in [0, 0.05) is 23.8 Å². The first-order valence-electron chi connectivity index (χ1n) is 8.70. The lowest BCUT2D eigenvalue weighted by atomic mass is 9.91. The van der Waals surface area contributed by atoms with Gasteiger partial charge < -0.3 is 9.88 Å². The molecule has 1 aliphatic heterocycles. The smallest absolute Gasteiger partial charge is 0.273 e. The molecule has 0 saturated carbocycles. The zero-order valence-electron chi connectivity index (χ0n) is 14.2. The Morgan fingerprint density at radius 3 is 2.77 bits per heavy atom. The van der Waals surface area contributed by atoms with Gasteiger partial charge in [-0.05, 0) is 49.5 Å². The van der Waals surface area contributed by atoms with Crippen molar-refractivity contribution in [3.05, 3.63) is 69.9 Å². The van der Waals surface area contributed by atoms with Crippen LogP contribution in [0, 0.1) is 15.9 Å². The molecular formula is C19H19FN4O2. The fraction of sp³-hybridized carbons (Fsp3) is 0.316. The van der Waals surface area contributed by atoms with Gasteiger partial charge in [-0.2, -0.15) is 0 Å². The van der Waals surface area contributed by atoms with Crippen LogP contribution >= 0.6 is 0 Å². The zero-order valence-corrected chi connectivity index (χ0v) is 14.2. The Morgan fingerprint density at radius 1 is 1.27 bits per heavy atom. The molecule has 134 valence electrons. The summed E-state index contributed by atoms with van der Waals surface area (Å²) in [7, 11) is 0. The van der Waals surface area contributed by atoms with Crippen LogP contribution in [0.1, 0.15) is 30.0 Å². The molecule has 1 aromatic carbocycles. The molecule has 0 bridgehead atoms. The summed E-state index contributed by atoms with van der Waals surface area (Å²) >= 11 is 0. The van der Waals surface area contributed by atoms with Crippen molar-refractivity contribution in [3.8, 4) is 0 Å². The number of halogens is 1. The Bertz CT molecular complexity index is 946. The average molecular weight is 354 g/mol. The van der Waals surface area contributed by atoms with E-state index in [0.717, 1.165) is 37.7 Å². The maximum atomic E-state index is 14.4. The van der Waals surface area contributed by atoms with E-state index in [9.17, 15) is 14.5 Å². The first kappa shape index (κ1) is 16.7. The lowest BCUT2D eigenvalue weighted by Crippen LogP contribution is -2.26. The number of hydrogen-bond donors (Lipinski definition) is 1. The first-order chi connectivity index (χ1) is 12.6. The summed E-state index contributed by atoms with van der Waals surface area (Å²) in [5.41, 5.74) is 2.20. The van der Waals surface area contributed by atoms with Gasteiger partial charge in [0.2, 0.25) is 0 Å². The summed E-state index contributed by atoms with van der Waals surface area (Å²) in [5, 5.41) is 14.7. The molecule has 7 heteroatoms. The SMILES string of the molecule is O=[N+]([O-])c1cc(F)c2c(ccn2Cc2ccc(C3CCNCC3)cn2)c1. The molecule has 1 fully saturated rings. The van der Waals surface area contributed by atoms with Crippen molar-refractivity contribution < 1.29 is 9.31 Å². The second-order valence-electron chi connectivity index (χ2n) is 6.67. The number of non-ortho nitro benzene ring substituents is 1. The van der Waals surface area contributed by atoms with E-state index in [-0.39, 0.29) is 5.69 Å². The normalized spacial score (nSPS) is 15.4. The van der Waals surface area contributed by atoms with Crippen molar-refractivity contribution in [3.63, 3.8) is 0 Å². The molecule has 3 aromatic rings. The molecule has 0 amide bonds. The number of aromatic nitrogens is 2. The van der Waals surface area contributed by atoms with Crippen molar-refractivity contribution >= 4 is 16.6 Å². The highest BCUT2D eigenvalue weighted by Gasteiger charge is 2.17. The lowest BCUT2D eigenvalue weighted by Gasteiger charge is -2.22. The average Bonchev–Trinajstić information content (AvgIpc) is 3.06. The van der Waals surface area contributed by atoms with E-state index in [1.165, 1.54) is 11.6 Å². The molecule has 0 spiro atoms. The summed E-state index contributed by atoms with van der Waals surface area (Å²) in [6, 6.07) is 8.13. The van der Waals surface area contributed by atoms with Crippen LogP contribution < -0.4 is 5.32 Å². The number of hydrogen-bond acceptors (Lipinski definition) is 4. The number of pyridine rings is 1. The summed E-state index contributed by atoms with van der Waals surface area (Å²) in [6.07, 6.45) is 5.89. The van der Waals surface area contributed by atoms with E-state index < -0.39 is 10.7 Å². The summed E-state index contributed by atoms with van der Waals surface area (Å²) in [4.78, 5) is 14.8. The van der Waals surface area contributed by atoms with Crippen LogP contribution in [0.3, 0.4) is 0 Å². The molecule has 26 heavy (non-hydrogen) atoms. The third-order valence-electron chi connectivity index (χ3n) is 5.00. The van der Waals surface area contributed by atoms with Crippen LogP contribution in [0.2, 0.25) is 0 Å². The number of fused-ring (bicyclic) bond motifs is 1. The number of rotatable bonds is 4. The third-order valence-corrected chi connectivity index (χ3v) is 5.00. The van der Waals surface area contributed by atoms with Gasteiger partial charge in [-0.25, -0.2) is 4.39 Å². The van der Waals surface area contributed by atoms with Gasteiger partial charge in [-0.1, -0.05) is 6.07 Å². The third kappa shape index (κ3) is 3.17. The molecule has 2 aromatic heterocycles. The first-order valence-corrected chi connectivity index (χ1v) is 8.70. The minimum atomic E-state index is -0.592. The molecule has 3 heterocycles. The quantitative estimate of drug-likeness (QED) is 0.574. The number of benzene rings is 1. The van der Waals surface area contributed by atoms with Crippen LogP contribution in [0.4, 0.5) is 10.1 Å². The fourth-order valence-electron chi connectivity index (χ4n) is 3.62. The zero-order chi connectivity index (χ0) is 18.1. The number of nitrogens with zero attached hydrogens (tertiary/aromatic N) is 3. The van der Waals surface area contributed by atoms with Gasteiger partial charge in [0.05, 0.1) is 28.7 Å². The van der Waals surface area contributed by atoms with Gasteiger partial charge in [0.1, 0.15) is 0 Å². The maximum Gasteiger partial charge on any atom is 0.273 e. The van der Waals surface area contributed by atoms with E-state index in [2.05, 4.69) is 16.4 Å². The summed E-state index contributed by atoms with van der Waals surface area (Å²) in [6.45, 7) is 2.49. The van der Waals surface area contributed by atoms with E-state index in [1.54, 1.807) is 16.8 Å². The van der Waals surface area contributed by atoms with Crippen LogP contribution in [0.5, 0.6) is 0 Å². The Morgan fingerprint density at radius 2 is 2.08 bits per heavy atom. The monoisotopic (exact) mass is 354 g/mol. The molecule has 0 radical (unpaired) electrons. The van der Waals surface area contributed by atoms with Crippen LogP contribution in [0.15, 0.2) is 42.7 Å². The predicted molar refractivity (Wildman–Crippen MR) is 96.7 cm³/mol. The van der Waals surface area contributed by atoms with Gasteiger partial charge in [-0.15, -0.1) is 0 Å². The van der Waals surface area contributed by atoms with Crippen molar-refractivity contribution in [2.45, 2.75) is 25.3 Å². The standard InChI is InChI=1S/C19H19FN4O2/c20-18-10-17(24(25)26)9-14-5-8-23(19(14)18)12-16-2-1-15(11-22-16)13-3-6-21-7-4-13/h1-2,5,8-11,13,21H,3-4,6-7,12H2. The predicted octanol–water partition coefficient (Wildman–Crippen LogP) is 3.60. The molecule has 0 aliphatic carbocycles. The molecular weight excluding hydrogens is 335 g/mol. The highest BCUT2D eigenvalue weighted by atomic mass is 19.1. The number of piperidine rings is 1. The Balaban J connectivity index is 1.58. The second kappa shape index (κ2) is 6.84. The lowest BCUT2D eigenvalue weighted by molar-refractivity contribution is -0.384. The molecule has 0 atom stereocenters. The van der Waals surface area contributed by atoms with Crippen LogP contribution in [0.25, 0.3) is 10.9 Å². The van der Waals surface area contributed by atoms with E-state index >= 15 is 0 Å². The maximum absolute atomic E-state index is 14.4. The molecule has 1 N–H and O–H groups in total. The van der Waals surface area contributed by atoms with E-state index in [1.807, 2.05) is 12.3 Å². The van der Waals surface area contributed by atoms with Gasteiger partial charge in [0.25, 0.3) is 5.69 Å². The molecule has 1 saturated heterocycles. The summed E-state index contributed by atoms with van der Waals surface area (Å²) in [5.74, 6) is -0.0475. The Kier molecular flexibility index (Phi) is 4.38. The highest BCUT2D eigenvalue weighted by Crippen LogP contribution is 2.27. The van der Waals surface area contributed by atoms with Gasteiger partial charge >= 0.3 is 0 Å². The topological polar surface area (TPSA) is 73.0 Å². The van der Waals surface area contributed by atoms with Crippen molar-refractivity contribution in [2.75, 3.05) is 13.1 Å². The minimum absolute atomic E-state index is 0.239. The van der Waals surface area contributed by atoms with Crippen LogP contribution in [-0.4, -0.2) is 27.6 Å². The van der Waals surface area contributed by atoms with Crippen molar-refractivity contribution in [2.24, 2.45) is 0 Å². The van der Waals surface area contributed by atoms with Crippen molar-refractivity contribution in [1.29, 1.82) is 0 Å². The molecule has 4 rings (SSSR count). The number of nitrogens with one attached hydrogen (secondary N) is 1. The number of nitro benzene ring substituents is 1. The van der Waals surface area contributed by atoms with Crippen LogP contribution in [-0.2, 0) is 6.54 Å². The summed E-state index contributed by atoms with van der Waals surface area (Å²) < 4.78 is 16.1. The Hall–Kier alpha value is -2.80. The molecule has 1 aliphatic rings. The fourth-order valence-corrected chi connectivity index (χ4v) is 3.62. The van der Waals surface area contributed by atoms with E-state index in [0.29, 0.717) is 23.4 Å². The molecule has 6 nitrogen and oxygen atoms in total. The van der Waals surface area contributed by atoms with Gasteiger partial charge in [0.15, 0.2) is 5.82 Å².